The van der Waals surface area contributed by atoms with E-state index in [0.29, 0.717) is 82.8 Å². The van der Waals surface area contributed by atoms with Crippen molar-refractivity contribution in [1.29, 1.82) is 5.26 Å². The van der Waals surface area contributed by atoms with Gasteiger partial charge in [-0.25, -0.2) is 4.99 Å². The van der Waals surface area contributed by atoms with Crippen molar-refractivity contribution in [3.05, 3.63) is 65.2 Å². The minimum absolute atomic E-state index is 0.0735. The second-order valence-electron chi connectivity index (χ2n) is 8.12. The van der Waals surface area contributed by atoms with Crippen LogP contribution >= 0.6 is 0 Å². The lowest BCUT2D eigenvalue weighted by molar-refractivity contribution is 0.00206. The summed E-state index contributed by atoms with van der Waals surface area (Å²) in [7, 11) is 0. The maximum absolute atomic E-state index is 12.8. The van der Waals surface area contributed by atoms with Gasteiger partial charge in [-0.05, 0) is 24.3 Å². The summed E-state index contributed by atoms with van der Waals surface area (Å²) < 4.78 is 22.3. The second-order valence-corrected chi connectivity index (χ2v) is 8.12. The topological polar surface area (TPSA) is 114 Å². The van der Waals surface area contributed by atoms with Crippen molar-refractivity contribution in [3.63, 3.8) is 0 Å². The van der Waals surface area contributed by atoms with Crippen LogP contribution in [0, 0.1) is 11.3 Å². The summed E-state index contributed by atoms with van der Waals surface area (Å²) in [6, 6.07) is 16.0. The summed E-state index contributed by atoms with van der Waals surface area (Å²) in [4.78, 5) is 19.3. The molecule has 1 N–H and O–H groups in total. The smallest absolute Gasteiger partial charge is 0.200 e. The summed E-state index contributed by atoms with van der Waals surface area (Å²) in [5, 5.41) is 20.3. The summed E-state index contributed by atoms with van der Waals surface area (Å²) >= 11 is 0. The van der Waals surface area contributed by atoms with Gasteiger partial charge in [0.15, 0.2) is 11.5 Å². The molecule has 1 heterocycles. The molecule has 1 aliphatic heterocycles. The second kappa shape index (κ2) is 13.0. The van der Waals surface area contributed by atoms with Gasteiger partial charge in [0, 0.05) is 29.9 Å². The lowest BCUT2D eigenvalue weighted by atomic mass is 10.1. The maximum atomic E-state index is 12.8. The number of nitrogens with zero attached hydrogens (tertiary/aromatic N) is 3. The number of carbonyl (C=O) groups is 1. The van der Waals surface area contributed by atoms with Gasteiger partial charge in [0.2, 0.25) is 0 Å². The van der Waals surface area contributed by atoms with Crippen LogP contribution in [0.1, 0.15) is 15.9 Å². The minimum atomic E-state index is -0.405. The van der Waals surface area contributed by atoms with Gasteiger partial charge in [0.25, 0.3) is 0 Å². The van der Waals surface area contributed by atoms with E-state index in [1.54, 1.807) is 36.4 Å². The Hall–Kier alpha value is -3.55. The highest BCUT2D eigenvalue weighted by molar-refractivity contribution is 6.39. The summed E-state index contributed by atoms with van der Waals surface area (Å²) in [5.41, 5.74) is 2.03. The Morgan fingerprint density at radius 1 is 0.806 bits per heavy atom. The third-order valence-electron chi connectivity index (χ3n) is 5.82. The zero-order chi connectivity index (χ0) is 25.2. The van der Waals surface area contributed by atoms with Gasteiger partial charge in [-0.2, -0.15) is 5.26 Å². The molecule has 36 heavy (non-hydrogen) atoms. The normalized spacial score (nSPS) is 18.8. The number of hydrogen-bond acceptors (Lipinski definition) is 9. The number of aliphatic hydroxyl groups excluding tert-OH is 1. The molecule has 1 saturated heterocycles. The van der Waals surface area contributed by atoms with Gasteiger partial charge >= 0.3 is 0 Å². The first-order chi connectivity index (χ1) is 17.7. The largest absolute Gasteiger partial charge is 0.506 e. The molecule has 0 bridgehead atoms. The van der Waals surface area contributed by atoms with Crippen molar-refractivity contribution in [2.45, 2.75) is 0 Å². The molecule has 9 nitrogen and oxygen atoms in total. The summed E-state index contributed by atoms with van der Waals surface area (Å²) in [5.74, 6) is -0.623. The van der Waals surface area contributed by atoms with E-state index in [0.717, 1.165) is 5.69 Å². The molecule has 4 rings (SSSR count). The quantitative estimate of drug-likeness (QED) is 0.651. The number of hydrogen-bond donors (Lipinski definition) is 1. The van der Waals surface area contributed by atoms with Crippen LogP contribution in [-0.2, 0) is 18.9 Å². The predicted molar refractivity (Wildman–Crippen MR) is 135 cm³/mol. The number of benzene rings is 2. The van der Waals surface area contributed by atoms with E-state index in [4.69, 9.17) is 18.9 Å². The molecule has 2 aromatic carbocycles. The van der Waals surface area contributed by atoms with Gasteiger partial charge < -0.3 is 29.0 Å². The van der Waals surface area contributed by atoms with E-state index in [1.807, 2.05) is 18.2 Å². The van der Waals surface area contributed by atoms with E-state index in [-0.39, 0.29) is 17.0 Å². The first-order valence-electron chi connectivity index (χ1n) is 11.9. The molecule has 0 spiro atoms. The Balaban J connectivity index is 1.47. The van der Waals surface area contributed by atoms with Gasteiger partial charge in [-0.1, -0.05) is 24.3 Å². The minimum Gasteiger partial charge on any atom is -0.506 e. The van der Waals surface area contributed by atoms with E-state index >= 15 is 0 Å². The fourth-order valence-corrected chi connectivity index (χ4v) is 3.97. The zero-order valence-electron chi connectivity index (χ0n) is 20.0. The SMILES string of the molecule is N#CC(=Nc1ccc(N2CCOCCOCCOCCOCC2)cc1)C1=C(O)c2ccccc2C1=O. The number of anilines is 1. The molecule has 2 aliphatic rings. The van der Waals surface area contributed by atoms with E-state index in [9.17, 15) is 15.2 Å². The van der Waals surface area contributed by atoms with Gasteiger partial charge in [-0.15, -0.1) is 0 Å². The monoisotopic (exact) mass is 491 g/mol. The van der Waals surface area contributed by atoms with Gasteiger partial charge in [-0.3, -0.25) is 4.79 Å². The zero-order valence-corrected chi connectivity index (χ0v) is 20.0. The predicted octanol–water partition coefficient (Wildman–Crippen LogP) is 3.33. The molecule has 2 aromatic rings. The standard InChI is InChI=1S/C27H29N3O6/c28-19-24(25-26(31)22-3-1-2-4-23(22)27(25)32)29-20-5-7-21(8-6-20)30-9-11-33-13-15-35-17-18-36-16-14-34-12-10-30/h1-8,31H,9-18H2. The van der Waals surface area contributed by atoms with Crippen LogP contribution in [-0.4, -0.2) is 82.5 Å². The maximum Gasteiger partial charge on any atom is 0.200 e. The van der Waals surface area contributed by atoms with E-state index in [2.05, 4.69) is 9.89 Å². The average molecular weight is 492 g/mol. The number of aliphatic hydroxyl groups is 1. The molecule has 1 fully saturated rings. The Bertz CT molecular complexity index is 1140. The van der Waals surface area contributed by atoms with Crippen molar-refractivity contribution in [2.24, 2.45) is 4.99 Å². The van der Waals surface area contributed by atoms with Crippen LogP contribution in [0.15, 0.2) is 59.1 Å². The highest BCUT2D eigenvalue weighted by Crippen LogP contribution is 2.32. The van der Waals surface area contributed by atoms with Crippen LogP contribution in [0.3, 0.4) is 0 Å². The number of carbonyl (C=O) groups excluding carboxylic acids is 1. The molecule has 9 heteroatoms. The molecule has 0 aromatic heterocycles. The van der Waals surface area contributed by atoms with Crippen LogP contribution in [0.2, 0.25) is 0 Å². The molecular formula is C27H29N3O6. The summed E-state index contributed by atoms with van der Waals surface area (Å²) in [6.07, 6.45) is 0. The number of aliphatic imine (C=N–C) groups is 1. The lowest BCUT2D eigenvalue weighted by Gasteiger charge is -2.25. The Morgan fingerprint density at radius 2 is 1.33 bits per heavy atom. The highest BCUT2D eigenvalue weighted by atomic mass is 16.6. The Labute approximate surface area is 210 Å². The molecule has 0 amide bonds. The molecular weight excluding hydrogens is 462 g/mol. The number of allylic oxidation sites excluding steroid dienone is 1. The van der Waals surface area contributed by atoms with Crippen molar-refractivity contribution in [2.75, 3.05) is 70.8 Å². The van der Waals surface area contributed by atoms with Crippen LogP contribution in [0.4, 0.5) is 11.4 Å². The number of fused-ring (bicyclic) bond motifs is 1. The van der Waals surface area contributed by atoms with E-state index < -0.39 is 5.78 Å². The first kappa shape index (κ1) is 25.5. The molecule has 1 aliphatic carbocycles. The van der Waals surface area contributed by atoms with Crippen LogP contribution < -0.4 is 4.90 Å². The molecule has 0 atom stereocenters. The molecule has 188 valence electrons. The van der Waals surface area contributed by atoms with Gasteiger partial charge in [0.1, 0.15) is 17.4 Å². The number of Topliss-reactive ketones (excluding diaryl/α,β-unsaturated/α-hetero) is 1. The number of ketones is 1. The van der Waals surface area contributed by atoms with Crippen molar-refractivity contribution >= 4 is 28.6 Å². The Kier molecular flexibility index (Phi) is 9.19. The highest BCUT2D eigenvalue weighted by Gasteiger charge is 2.32. The van der Waals surface area contributed by atoms with Crippen molar-refractivity contribution < 1.29 is 28.8 Å². The fraction of sp³-hybridized carbons (Fsp3) is 0.370. The third kappa shape index (κ3) is 6.36. The number of ether oxygens (including phenoxy) is 4. The lowest BCUT2D eigenvalue weighted by Crippen LogP contribution is -2.31. The van der Waals surface area contributed by atoms with Crippen molar-refractivity contribution in [3.8, 4) is 6.07 Å². The van der Waals surface area contributed by atoms with Crippen LogP contribution in [0.5, 0.6) is 0 Å². The molecule has 0 saturated carbocycles. The molecule has 0 unspecified atom stereocenters. The van der Waals surface area contributed by atoms with E-state index in [1.165, 1.54) is 0 Å². The van der Waals surface area contributed by atoms with Gasteiger partial charge in [0.05, 0.1) is 58.5 Å². The number of nitriles is 1. The first-order valence-corrected chi connectivity index (χ1v) is 11.9. The average Bonchev–Trinajstić information content (AvgIpc) is 3.15. The summed E-state index contributed by atoms with van der Waals surface area (Å²) in [6.45, 7) is 5.55. The Morgan fingerprint density at radius 3 is 1.86 bits per heavy atom. The number of rotatable bonds is 3. The van der Waals surface area contributed by atoms with Crippen molar-refractivity contribution in [1.82, 2.24) is 0 Å². The molecule has 0 radical (unpaired) electrons. The fourth-order valence-electron chi connectivity index (χ4n) is 3.97. The third-order valence-corrected chi connectivity index (χ3v) is 5.82. The van der Waals surface area contributed by atoms with Crippen LogP contribution in [0.25, 0.3) is 5.76 Å².